The van der Waals surface area contributed by atoms with E-state index in [1.54, 1.807) is 0 Å². The van der Waals surface area contributed by atoms with E-state index < -0.39 is 34.2 Å². The maximum atomic E-state index is 11.4. The quantitative estimate of drug-likeness (QED) is 0.559. The summed E-state index contributed by atoms with van der Waals surface area (Å²) in [5, 5.41) is 0. The topological polar surface area (TPSA) is 41.5 Å². The summed E-state index contributed by atoms with van der Waals surface area (Å²) >= 11 is 0. The lowest BCUT2D eigenvalue weighted by atomic mass is 10.7. The van der Waals surface area contributed by atoms with Crippen molar-refractivity contribution in [2.24, 2.45) is 0 Å². The third-order valence-electron chi connectivity index (χ3n) is 0.667. The van der Waals surface area contributed by atoms with E-state index in [2.05, 4.69) is 9.05 Å². The zero-order chi connectivity index (χ0) is 11.4. The molecule has 3 nitrogen and oxygen atoms in total. The smallest absolute Gasteiger partial charge is 0.412 e. The van der Waals surface area contributed by atoms with E-state index in [4.69, 9.17) is 0 Å². The average Bonchev–Trinajstić information content (AvgIpc) is 1.94. The van der Waals surface area contributed by atoms with Crippen molar-refractivity contribution < 1.29 is 40.3 Å². The van der Waals surface area contributed by atoms with Gasteiger partial charge in [-0.3, -0.25) is 0 Å². The molecule has 0 aliphatic rings. The SMILES string of the molecule is [O-]P(OCC(F)(F)F)OCC(F)(F)F. The van der Waals surface area contributed by atoms with Gasteiger partial charge in [0.15, 0.2) is 0 Å². The zero-order valence-electron chi connectivity index (χ0n) is 6.35. The zero-order valence-corrected chi connectivity index (χ0v) is 7.25. The van der Waals surface area contributed by atoms with Crippen molar-refractivity contribution in [3.63, 3.8) is 0 Å². The van der Waals surface area contributed by atoms with Gasteiger partial charge in [-0.05, 0) is 0 Å². The van der Waals surface area contributed by atoms with Crippen molar-refractivity contribution in [3.8, 4) is 0 Å². The molecule has 0 saturated heterocycles. The Balaban J connectivity index is 3.62. The van der Waals surface area contributed by atoms with E-state index in [9.17, 15) is 31.2 Å². The highest BCUT2D eigenvalue weighted by molar-refractivity contribution is 7.39. The standard InChI is InChI=1S/C4H4F6O3P/c5-3(6,7)1-12-14(11)13-2-4(8,9)10/h1-2H2/q-1. The van der Waals surface area contributed by atoms with Crippen molar-refractivity contribution in [2.45, 2.75) is 12.4 Å². The van der Waals surface area contributed by atoms with Crippen LogP contribution in [0.2, 0.25) is 0 Å². The fraction of sp³-hybridized carbons (Fsp3) is 1.00. The molecule has 0 radical (unpaired) electrons. The van der Waals surface area contributed by atoms with Gasteiger partial charge in [-0.25, -0.2) is 0 Å². The van der Waals surface area contributed by atoms with Crippen LogP contribution >= 0.6 is 8.60 Å². The highest BCUT2D eigenvalue weighted by atomic mass is 31.2. The molecule has 0 aromatic rings. The van der Waals surface area contributed by atoms with Crippen molar-refractivity contribution in [1.29, 1.82) is 0 Å². The molecule has 86 valence electrons. The van der Waals surface area contributed by atoms with Gasteiger partial charge in [-0.15, -0.1) is 0 Å². The average molecular weight is 245 g/mol. The fourth-order valence-corrected chi connectivity index (χ4v) is 0.867. The first-order valence-electron chi connectivity index (χ1n) is 2.97. The van der Waals surface area contributed by atoms with Crippen molar-refractivity contribution in [1.82, 2.24) is 0 Å². The largest absolute Gasteiger partial charge is 0.786 e. The molecule has 0 fully saturated rings. The van der Waals surface area contributed by atoms with E-state index in [-0.39, 0.29) is 0 Å². The maximum Gasteiger partial charge on any atom is 0.412 e. The molecule has 0 saturated carbocycles. The van der Waals surface area contributed by atoms with Crippen LogP contribution in [-0.2, 0) is 9.05 Å². The molecule has 0 rings (SSSR count). The van der Waals surface area contributed by atoms with Gasteiger partial charge in [-0.1, -0.05) is 0 Å². The van der Waals surface area contributed by atoms with Gasteiger partial charge < -0.3 is 13.9 Å². The lowest BCUT2D eigenvalue weighted by Crippen LogP contribution is -2.21. The summed E-state index contributed by atoms with van der Waals surface area (Å²) in [6.45, 7) is -3.83. The van der Waals surface area contributed by atoms with Gasteiger partial charge in [-0.2, -0.15) is 26.3 Å². The van der Waals surface area contributed by atoms with Crippen LogP contribution in [0, 0.1) is 0 Å². The summed E-state index contributed by atoms with van der Waals surface area (Å²) in [5.74, 6) is 0. The minimum absolute atomic E-state index is 1.92. The van der Waals surface area contributed by atoms with Crippen LogP contribution in [0.15, 0.2) is 0 Å². The first-order valence-corrected chi connectivity index (χ1v) is 4.06. The Morgan fingerprint density at radius 1 is 0.857 bits per heavy atom. The van der Waals surface area contributed by atoms with Gasteiger partial charge in [0, 0.05) is 0 Å². The molecule has 0 spiro atoms. The molecule has 0 aromatic heterocycles. The summed E-state index contributed by atoms with van der Waals surface area (Å²) in [5.41, 5.74) is 0. The van der Waals surface area contributed by atoms with Crippen LogP contribution < -0.4 is 4.89 Å². The Labute approximate surface area is 75.6 Å². The molecule has 0 amide bonds. The molecule has 0 bridgehead atoms. The third kappa shape index (κ3) is 9.97. The molecule has 0 aromatic carbocycles. The molecule has 0 heterocycles. The Bertz CT molecular complexity index is 149. The number of halogens is 6. The van der Waals surface area contributed by atoms with Crippen LogP contribution in [0.5, 0.6) is 0 Å². The molecular formula is C4H4F6O3P-. The predicted molar refractivity (Wildman–Crippen MR) is 30.9 cm³/mol. The maximum absolute atomic E-state index is 11.4. The first-order chi connectivity index (χ1) is 6.10. The molecule has 14 heavy (non-hydrogen) atoms. The summed E-state index contributed by atoms with van der Waals surface area (Å²) in [4.78, 5) is 10.2. The van der Waals surface area contributed by atoms with Gasteiger partial charge >= 0.3 is 12.4 Å². The van der Waals surface area contributed by atoms with Gasteiger partial charge in [0.2, 0.25) is 0 Å². The number of hydrogen-bond acceptors (Lipinski definition) is 3. The second-order valence-corrected chi connectivity index (χ2v) is 2.96. The molecule has 10 heteroatoms. The lowest BCUT2D eigenvalue weighted by molar-refractivity contribution is -0.233. The molecular weight excluding hydrogens is 241 g/mol. The number of alkyl halides is 6. The highest BCUT2D eigenvalue weighted by Gasteiger charge is 2.30. The highest BCUT2D eigenvalue weighted by Crippen LogP contribution is 2.33. The Morgan fingerprint density at radius 3 is 1.36 bits per heavy atom. The minimum atomic E-state index is -4.76. The molecule has 0 aliphatic heterocycles. The lowest BCUT2D eigenvalue weighted by Gasteiger charge is -2.23. The van der Waals surface area contributed by atoms with E-state index in [0.29, 0.717) is 0 Å². The van der Waals surface area contributed by atoms with Gasteiger partial charge in [0.25, 0.3) is 0 Å². The number of hydrogen-bond donors (Lipinski definition) is 0. The van der Waals surface area contributed by atoms with Crippen molar-refractivity contribution in [2.75, 3.05) is 13.2 Å². The Kier molecular flexibility index (Phi) is 5.07. The van der Waals surface area contributed by atoms with Crippen LogP contribution in [0.3, 0.4) is 0 Å². The van der Waals surface area contributed by atoms with Crippen LogP contribution in [0.25, 0.3) is 0 Å². The second kappa shape index (κ2) is 5.11. The monoisotopic (exact) mass is 245 g/mol. The first kappa shape index (κ1) is 13.9. The summed E-state index contributed by atoms with van der Waals surface area (Å²) in [6, 6.07) is 0. The summed E-state index contributed by atoms with van der Waals surface area (Å²) < 4.78 is 75.1. The molecule has 0 N–H and O–H groups in total. The van der Waals surface area contributed by atoms with E-state index in [1.807, 2.05) is 0 Å². The molecule has 0 aliphatic carbocycles. The molecule has 0 atom stereocenters. The van der Waals surface area contributed by atoms with E-state index in [1.165, 1.54) is 0 Å². The second-order valence-electron chi connectivity index (χ2n) is 2.00. The summed E-state index contributed by atoms with van der Waals surface area (Å²) in [7, 11) is -3.40. The van der Waals surface area contributed by atoms with Crippen LogP contribution in [0.4, 0.5) is 26.3 Å². The van der Waals surface area contributed by atoms with Crippen molar-refractivity contribution in [3.05, 3.63) is 0 Å². The van der Waals surface area contributed by atoms with Crippen LogP contribution in [0.1, 0.15) is 0 Å². The van der Waals surface area contributed by atoms with Gasteiger partial charge in [0.1, 0.15) is 13.2 Å². The Morgan fingerprint density at radius 2 is 1.14 bits per heavy atom. The predicted octanol–water partition coefficient (Wildman–Crippen LogP) is 1.73. The van der Waals surface area contributed by atoms with Crippen LogP contribution in [-0.4, -0.2) is 25.6 Å². The van der Waals surface area contributed by atoms with E-state index in [0.717, 1.165) is 0 Å². The summed E-state index contributed by atoms with van der Waals surface area (Å²) in [6.07, 6.45) is -9.51. The van der Waals surface area contributed by atoms with Crippen molar-refractivity contribution >= 4 is 8.60 Å². The minimum Gasteiger partial charge on any atom is -0.786 e. The Hall–Kier alpha value is -0.110. The third-order valence-corrected chi connectivity index (χ3v) is 1.35. The normalized spacial score (nSPS) is 13.7. The molecule has 0 unspecified atom stereocenters. The fourth-order valence-electron chi connectivity index (χ4n) is 0.289. The number of rotatable bonds is 4. The van der Waals surface area contributed by atoms with Gasteiger partial charge in [0.05, 0.1) is 8.60 Å². The van der Waals surface area contributed by atoms with E-state index >= 15 is 0 Å².